The minimum absolute atomic E-state index is 0.136. The molecule has 0 bridgehead atoms. The van der Waals surface area contributed by atoms with E-state index in [1.54, 1.807) is 46.7 Å². The number of hydrogen-bond acceptors (Lipinski definition) is 5. The van der Waals surface area contributed by atoms with E-state index in [0.717, 1.165) is 25.2 Å². The van der Waals surface area contributed by atoms with Gasteiger partial charge >= 0.3 is 0 Å². The molecular weight excluding hydrogens is 412 g/mol. The van der Waals surface area contributed by atoms with Crippen molar-refractivity contribution in [2.45, 2.75) is 6.04 Å². The fourth-order valence-corrected chi connectivity index (χ4v) is 4.64. The number of aliphatic hydroxyl groups excluding tert-OH is 1. The highest BCUT2D eigenvalue weighted by molar-refractivity contribution is 7.12. The van der Waals surface area contributed by atoms with Crippen molar-refractivity contribution < 1.29 is 24.3 Å². The molecule has 0 aliphatic carbocycles. The predicted molar refractivity (Wildman–Crippen MR) is 111 cm³/mol. The quantitative estimate of drug-likeness (QED) is 0.682. The Kier molecular flexibility index (Phi) is 6.01. The Labute approximate surface area is 177 Å². The molecular formula is C21H22ClN2O4S+. The number of thiophene rings is 1. The second-order valence-corrected chi connectivity index (χ2v) is 8.52. The van der Waals surface area contributed by atoms with Crippen molar-refractivity contribution in [2.24, 2.45) is 0 Å². The highest BCUT2D eigenvalue weighted by Gasteiger charge is 2.44. The van der Waals surface area contributed by atoms with E-state index >= 15 is 0 Å². The zero-order chi connectivity index (χ0) is 20.4. The number of morpholine rings is 1. The van der Waals surface area contributed by atoms with E-state index < -0.39 is 17.7 Å². The van der Waals surface area contributed by atoms with E-state index in [1.165, 1.54) is 16.2 Å². The molecule has 0 spiro atoms. The Balaban J connectivity index is 1.66. The summed E-state index contributed by atoms with van der Waals surface area (Å²) >= 11 is 7.33. The predicted octanol–water partition coefficient (Wildman–Crippen LogP) is 1.89. The standard InChI is InChI=1S/C21H21ClN2O4S/c22-15-5-3-14(4-6-15)18-17(19(25)16-2-1-13-29-16)20(26)21(27)24(18)8-7-23-9-11-28-12-10-23/h1-6,13,18,26H,7-12H2/p+1/t18-/m0/s1. The van der Waals surface area contributed by atoms with E-state index in [-0.39, 0.29) is 11.4 Å². The van der Waals surface area contributed by atoms with Crippen LogP contribution in [-0.4, -0.2) is 61.1 Å². The second kappa shape index (κ2) is 8.67. The van der Waals surface area contributed by atoms with Gasteiger partial charge in [-0.05, 0) is 29.1 Å². The fraction of sp³-hybridized carbons (Fsp3) is 0.333. The van der Waals surface area contributed by atoms with Crippen LogP contribution in [0.4, 0.5) is 0 Å². The van der Waals surface area contributed by atoms with Crippen LogP contribution in [0.3, 0.4) is 0 Å². The van der Waals surface area contributed by atoms with Crippen LogP contribution in [-0.2, 0) is 9.53 Å². The summed E-state index contributed by atoms with van der Waals surface area (Å²) in [6, 6.07) is 9.92. The zero-order valence-corrected chi connectivity index (χ0v) is 17.3. The molecule has 4 rings (SSSR count). The number of quaternary nitrogens is 1. The third-order valence-corrected chi connectivity index (χ3v) is 6.51. The monoisotopic (exact) mass is 433 g/mol. The molecule has 0 radical (unpaired) electrons. The van der Waals surface area contributed by atoms with Gasteiger partial charge in [-0.25, -0.2) is 0 Å². The fourth-order valence-electron chi connectivity index (χ4n) is 3.84. The molecule has 1 aromatic carbocycles. The van der Waals surface area contributed by atoms with Crippen LogP contribution in [0.15, 0.2) is 53.1 Å². The third kappa shape index (κ3) is 4.09. The summed E-state index contributed by atoms with van der Waals surface area (Å²) in [6.07, 6.45) is 0. The molecule has 2 aromatic rings. The minimum atomic E-state index is -0.630. The summed E-state index contributed by atoms with van der Waals surface area (Å²) in [6.45, 7) is 4.34. The molecule has 0 saturated carbocycles. The van der Waals surface area contributed by atoms with Gasteiger partial charge in [0.25, 0.3) is 5.91 Å². The molecule has 2 aliphatic rings. The molecule has 1 saturated heterocycles. The lowest BCUT2D eigenvalue weighted by Crippen LogP contribution is -3.14. The lowest BCUT2D eigenvalue weighted by molar-refractivity contribution is -0.907. The van der Waals surface area contributed by atoms with Gasteiger partial charge in [0.15, 0.2) is 5.76 Å². The number of amides is 1. The first-order valence-electron chi connectivity index (χ1n) is 9.55. The van der Waals surface area contributed by atoms with Gasteiger partial charge in [0.1, 0.15) is 13.1 Å². The number of Topliss-reactive ketones (excluding diaryl/α,β-unsaturated/α-hetero) is 1. The first kappa shape index (κ1) is 20.1. The maximum atomic E-state index is 13.1. The Morgan fingerprint density at radius 3 is 2.62 bits per heavy atom. The number of benzene rings is 1. The van der Waals surface area contributed by atoms with Crippen LogP contribution >= 0.6 is 22.9 Å². The second-order valence-electron chi connectivity index (χ2n) is 7.13. The van der Waals surface area contributed by atoms with Gasteiger partial charge in [-0.15, -0.1) is 11.3 Å². The first-order chi connectivity index (χ1) is 14.1. The number of nitrogens with zero attached hydrogens (tertiary/aromatic N) is 1. The first-order valence-corrected chi connectivity index (χ1v) is 10.8. The van der Waals surface area contributed by atoms with Gasteiger partial charge in [-0.2, -0.15) is 0 Å². The molecule has 6 nitrogen and oxygen atoms in total. The molecule has 1 aromatic heterocycles. The van der Waals surface area contributed by atoms with Crippen LogP contribution < -0.4 is 4.90 Å². The summed E-state index contributed by atoms with van der Waals surface area (Å²) in [5.41, 5.74) is 0.889. The maximum Gasteiger partial charge on any atom is 0.290 e. The molecule has 1 atom stereocenters. The summed E-state index contributed by atoms with van der Waals surface area (Å²) in [5.74, 6) is -1.27. The molecule has 0 unspecified atom stereocenters. The van der Waals surface area contributed by atoms with E-state index in [0.29, 0.717) is 29.7 Å². The number of hydrogen-bond donors (Lipinski definition) is 2. The number of ether oxygens (including phenoxy) is 1. The number of rotatable bonds is 6. The summed E-state index contributed by atoms with van der Waals surface area (Å²) in [4.78, 5) is 29.5. The lowest BCUT2D eigenvalue weighted by Gasteiger charge is -2.30. The van der Waals surface area contributed by atoms with Crippen LogP contribution in [0.2, 0.25) is 5.02 Å². The zero-order valence-electron chi connectivity index (χ0n) is 15.8. The van der Waals surface area contributed by atoms with Crippen LogP contribution in [0.5, 0.6) is 0 Å². The average Bonchev–Trinajstić information content (AvgIpc) is 3.36. The van der Waals surface area contributed by atoms with Crippen molar-refractivity contribution in [1.29, 1.82) is 0 Å². The van der Waals surface area contributed by atoms with Gasteiger partial charge in [-0.1, -0.05) is 29.8 Å². The molecule has 2 N–H and O–H groups in total. The molecule has 8 heteroatoms. The average molecular weight is 434 g/mol. The maximum absolute atomic E-state index is 13.1. The Morgan fingerprint density at radius 1 is 1.24 bits per heavy atom. The van der Waals surface area contributed by atoms with Gasteiger partial charge in [-0.3, -0.25) is 9.59 Å². The van der Waals surface area contributed by atoms with E-state index in [9.17, 15) is 14.7 Å². The number of halogens is 1. The molecule has 3 heterocycles. The summed E-state index contributed by atoms with van der Waals surface area (Å²) in [7, 11) is 0. The van der Waals surface area contributed by atoms with Crippen molar-refractivity contribution >= 4 is 34.6 Å². The SMILES string of the molecule is O=C(C1=C(O)C(=O)N(CC[NH+]2CCOCC2)[C@H]1c1ccc(Cl)cc1)c1cccs1. The topological polar surface area (TPSA) is 71.3 Å². The number of carbonyl (C=O) groups excluding carboxylic acids is 2. The third-order valence-electron chi connectivity index (χ3n) is 5.39. The van der Waals surface area contributed by atoms with Crippen molar-refractivity contribution in [3.05, 3.63) is 68.6 Å². The van der Waals surface area contributed by atoms with Gasteiger partial charge in [0, 0.05) is 5.02 Å². The van der Waals surface area contributed by atoms with Crippen LogP contribution in [0.25, 0.3) is 0 Å². The number of nitrogens with one attached hydrogen (secondary N) is 1. The molecule has 1 amide bonds. The summed E-state index contributed by atoms with van der Waals surface area (Å²) < 4.78 is 5.40. The smallest absolute Gasteiger partial charge is 0.290 e. The normalized spacial score (nSPS) is 20.5. The minimum Gasteiger partial charge on any atom is -0.503 e. The highest BCUT2D eigenvalue weighted by atomic mass is 35.5. The van der Waals surface area contributed by atoms with Crippen molar-refractivity contribution in [3.63, 3.8) is 0 Å². The van der Waals surface area contributed by atoms with E-state index in [4.69, 9.17) is 16.3 Å². The van der Waals surface area contributed by atoms with Crippen LogP contribution in [0, 0.1) is 0 Å². The molecule has 152 valence electrons. The van der Waals surface area contributed by atoms with E-state index in [2.05, 4.69) is 0 Å². The van der Waals surface area contributed by atoms with Crippen molar-refractivity contribution in [3.8, 4) is 0 Å². The number of ketones is 1. The Morgan fingerprint density at radius 2 is 1.97 bits per heavy atom. The largest absolute Gasteiger partial charge is 0.503 e. The van der Waals surface area contributed by atoms with Crippen molar-refractivity contribution in [1.82, 2.24) is 4.90 Å². The summed E-state index contributed by atoms with van der Waals surface area (Å²) in [5, 5.41) is 13.0. The van der Waals surface area contributed by atoms with Gasteiger partial charge in [0.2, 0.25) is 5.78 Å². The molecule has 29 heavy (non-hydrogen) atoms. The van der Waals surface area contributed by atoms with Gasteiger partial charge < -0.3 is 19.6 Å². The van der Waals surface area contributed by atoms with Crippen LogP contribution in [0.1, 0.15) is 21.3 Å². The van der Waals surface area contributed by atoms with E-state index in [1.807, 2.05) is 0 Å². The number of aliphatic hydroxyl groups is 1. The molecule has 1 fully saturated rings. The lowest BCUT2D eigenvalue weighted by atomic mass is 9.95. The Bertz CT molecular complexity index is 921. The Hall–Kier alpha value is -2.19. The molecule has 2 aliphatic heterocycles. The number of carbonyl (C=O) groups is 2. The highest BCUT2D eigenvalue weighted by Crippen LogP contribution is 2.39. The van der Waals surface area contributed by atoms with Gasteiger partial charge in [0.05, 0.1) is 42.8 Å². The van der Waals surface area contributed by atoms with Crippen molar-refractivity contribution in [2.75, 3.05) is 39.4 Å².